The fourth-order valence-electron chi connectivity index (χ4n) is 3.32. The molecule has 0 bridgehead atoms. The molecule has 1 fully saturated rings. The zero-order valence-electron chi connectivity index (χ0n) is 14.5. The molecule has 0 spiro atoms. The van der Waals surface area contributed by atoms with Gasteiger partial charge in [0.05, 0.1) is 10.6 Å². The number of hydrogen-bond donors (Lipinski definition) is 3. The van der Waals surface area contributed by atoms with Crippen molar-refractivity contribution in [2.45, 2.75) is 49.7 Å². The van der Waals surface area contributed by atoms with Crippen LogP contribution >= 0.6 is 0 Å². The molecule has 0 atom stereocenters. The van der Waals surface area contributed by atoms with Gasteiger partial charge in [-0.15, -0.1) is 0 Å². The number of benzene rings is 2. The van der Waals surface area contributed by atoms with Crippen LogP contribution in [0.2, 0.25) is 0 Å². The van der Waals surface area contributed by atoms with Gasteiger partial charge in [-0.2, -0.15) is 0 Å². The first-order chi connectivity index (χ1) is 12.5. The molecule has 1 aliphatic rings. The van der Waals surface area contributed by atoms with Crippen LogP contribution in [-0.4, -0.2) is 14.5 Å². The molecule has 0 saturated heterocycles. The van der Waals surface area contributed by atoms with Crippen LogP contribution in [0.3, 0.4) is 0 Å². The maximum Gasteiger partial charge on any atom is 0.262 e. The molecule has 3 rings (SSSR count). The number of halogens is 1. The van der Waals surface area contributed by atoms with Crippen molar-refractivity contribution in [2.75, 3.05) is 4.72 Å². The minimum atomic E-state index is -3.84. The molecule has 2 aromatic carbocycles. The zero-order chi connectivity index (χ0) is 18.6. The normalized spacial score (nSPS) is 15.3. The molecular weight excluding hydrogens is 353 g/mol. The number of hydrogen-bond acceptors (Lipinski definition) is 4. The highest BCUT2D eigenvalue weighted by Crippen LogP contribution is 2.22. The van der Waals surface area contributed by atoms with Crippen LogP contribution < -0.4 is 15.8 Å². The van der Waals surface area contributed by atoms with Crippen molar-refractivity contribution in [1.29, 1.82) is 0 Å². The Morgan fingerprint density at radius 1 is 1.12 bits per heavy atom. The Morgan fingerprint density at radius 3 is 2.58 bits per heavy atom. The Labute approximate surface area is 153 Å². The lowest BCUT2D eigenvalue weighted by Crippen LogP contribution is -2.25. The quantitative estimate of drug-likeness (QED) is 0.692. The molecule has 26 heavy (non-hydrogen) atoms. The summed E-state index contributed by atoms with van der Waals surface area (Å²) >= 11 is 0. The molecule has 1 saturated carbocycles. The van der Waals surface area contributed by atoms with Crippen molar-refractivity contribution in [3.05, 3.63) is 59.4 Å². The maximum absolute atomic E-state index is 13.3. The van der Waals surface area contributed by atoms with Gasteiger partial charge in [0.25, 0.3) is 10.0 Å². The van der Waals surface area contributed by atoms with Crippen molar-refractivity contribution in [3.63, 3.8) is 0 Å². The third-order valence-electron chi connectivity index (χ3n) is 4.66. The highest BCUT2D eigenvalue weighted by Gasteiger charge is 2.19. The summed E-state index contributed by atoms with van der Waals surface area (Å²) in [7, 11) is -3.84. The summed E-state index contributed by atoms with van der Waals surface area (Å²) < 4.78 is 41.0. The Hall–Kier alpha value is -1.96. The van der Waals surface area contributed by atoms with Gasteiger partial charge >= 0.3 is 0 Å². The van der Waals surface area contributed by atoms with E-state index in [9.17, 15) is 12.8 Å². The van der Waals surface area contributed by atoms with Gasteiger partial charge in [0.15, 0.2) is 0 Å². The lowest BCUT2D eigenvalue weighted by molar-refractivity contribution is 0.524. The van der Waals surface area contributed by atoms with Crippen molar-refractivity contribution in [2.24, 2.45) is 5.73 Å². The van der Waals surface area contributed by atoms with Gasteiger partial charge in [-0.25, -0.2) is 12.8 Å². The molecule has 5 nitrogen and oxygen atoms in total. The summed E-state index contributed by atoms with van der Waals surface area (Å²) in [5, 5.41) is 3.51. The topological polar surface area (TPSA) is 84.2 Å². The van der Waals surface area contributed by atoms with Gasteiger partial charge < -0.3 is 11.1 Å². The number of nitrogens with two attached hydrogens (primary N) is 1. The smallest absolute Gasteiger partial charge is 0.262 e. The third kappa shape index (κ3) is 4.60. The molecule has 0 aromatic heterocycles. The molecule has 4 N–H and O–H groups in total. The largest absolute Gasteiger partial charge is 0.326 e. The van der Waals surface area contributed by atoms with Gasteiger partial charge in [0.2, 0.25) is 0 Å². The van der Waals surface area contributed by atoms with Crippen LogP contribution in [0.4, 0.5) is 10.1 Å². The van der Waals surface area contributed by atoms with Crippen LogP contribution in [0.25, 0.3) is 0 Å². The Bertz CT molecular complexity index is 865. The molecule has 0 amide bonds. The van der Waals surface area contributed by atoms with E-state index in [4.69, 9.17) is 5.73 Å². The molecular formula is C19H24FN3O2S. The van der Waals surface area contributed by atoms with Gasteiger partial charge in [-0.1, -0.05) is 31.0 Å². The van der Waals surface area contributed by atoms with E-state index in [1.165, 1.54) is 43.9 Å². The van der Waals surface area contributed by atoms with Crippen molar-refractivity contribution >= 4 is 15.7 Å². The van der Waals surface area contributed by atoms with E-state index in [0.717, 1.165) is 11.6 Å². The second kappa shape index (κ2) is 8.16. The first kappa shape index (κ1) is 18.8. The molecule has 140 valence electrons. The van der Waals surface area contributed by atoms with E-state index < -0.39 is 15.8 Å². The van der Waals surface area contributed by atoms with E-state index >= 15 is 0 Å². The van der Waals surface area contributed by atoms with Crippen molar-refractivity contribution in [3.8, 4) is 0 Å². The molecule has 0 heterocycles. The Morgan fingerprint density at radius 2 is 1.88 bits per heavy atom. The van der Waals surface area contributed by atoms with E-state index in [2.05, 4.69) is 10.0 Å². The monoisotopic (exact) mass is 377 g/mol. The SMILES string of the molecule is NCc1cc(CNC2CCCC2)ccc1S(=O)(=O)Nc1cccc(F)c1. The predicted octanol–water partition coefficient (Wildman–Crippen LogP) is 3.12. The molecule has 7 heteroatoms. The summed E-state index contributed by atoms with van der Waals surface area (Å²) in [5.74, 6) is -0.502. The minimum absolute atomic E-state index is 0.108. The van der Waals surface area contributed by atoms with Gasteiger partial charge in [0, 0.05) is 19.1 Å². The fraction of sp³-hybridized carbons (Fsp3) is 0.368. The number of sulfonamides is 1. The van der Waals surface area contributed by atoms with Crippen LogP contribution in [-0.2, 0) is 23.1 Å². The molecule has 2 aromatic rings. The Balaban J connectivity index is 1.77. The van der Waals surface area contributed by atoms with E-state index in [1.807, 2.05) is 6.07 Å². The lowest BCUT2D eigenvalue weighted by Gasteiger charge is -2.15. The average molecular weight is 377 g/mol. The number of nitrogens with one attached hydrogen (secondary N) is 2. The first-order valence-electron chi connectivity index (χ1n) is 8.81. The van der Waals surface area contributed by atoms with Crippen LogP contribution in [0.5, 0.6) is 0 Å². The predicted molar refractivity (Wildman–Crippen MR) is 101 cm³/mol. The van der Waals surface area contributed by atoms with Crippen LogP contribution in [0, 0.1) is 5.82 Å². The summed E-state index contributed by atoms with van der Waals surface area (Å²) in [6.07, 6.45) is 4.89. The van der Waals surface area contributed by atoms with Gasteiger partial charge in [0.1, 0.15) is 5.82 Å². The van der Waals surface area contributed by atoms with Crippen molar-refractivity contribution < 1.29 is 12.8 Å². The standard InChI is InChI=1S/C19H24FN3O2S/c20-16-4-3-7-18(11-16)23-26(24,25)19-9-8-14(10-15(19)12-21)13-22-17-5-1-2-6-17/h3-4,7-11,17,22-23H,1-2,5-6,12-13,21H2. The number of rotatable bonds is 7. The maximum atomic E-state index is 13.3. The molecule has 1 aliphatic carbocycles. The highest BCUT2D eigenvalue weighted by atomic mass is 32.2. The third-order valence-corrected chi connectivity index (χ3v) is 6.14. The second-order valence-electron chi connectivity index (χ2n) is 6.62. The van der Waals surface area contributed by atoms with E-state index in [-0.39, 0.29) is 17.1 Å². The summed E-state index contributed by atoms with van der Waals surface area (Å²) in [6, 6.07) is 11.1. The molecule has 0 aliphatic heterocycles. The van der Waals surface area contributed by atoms with Crippen molar-refractivity contribution in [1.82, 2.24) is 5.32 Å². The first-order valence-corrected chi connectivity index (χ1v) is 10.3. The lowest BCUT2D eigenvalue weighted by atomic mass is 10.1. The minimum Gasteiger partial charge on any atom is -0.326 e. The Kier molecular flexibility index (Phi) is 5.90. The van der Waals surface area contributed by atoms with Crippen LogP contribution in [0.15, 0.2) is 47.4 Å². The molecule has 0 unspecified atom stereocenters. The second-order valence-corrected chi connectivity index (χ2v) is 8.28. The van der Waals surface area contributed by atoms with Gasteiger partial charge in [-0.05, 0) is 48.2 Å². The summed E-state index contributed by atoms with van der Waals surface area (Å²) in [5.41, 5.74) is 7.50. The number of anilines is 1. The molecule has 0 radical (unpaired) electrons. The zero-order valence-corrected chi connectivity index (χ0v) is 15.4. The highest BCUT2D eigenvalue weighted by molar-refractivity contribution is 7.92. The average Bonchev–Trinajstić information content (AvgIpc) is 3.13. The summed E-state index contributed by atoms with van der Waals surface area (Å²) in [4.78, 5) is 0.119. The van der Waals surface area contributed by atoms with E-state index in [0.29, 0.717) is 18.2 Å². The van der Waals surface area contributed by atoms with E-state index in [1.54, 1.807) is 12.1 Å². The summed E-state index contributed by atoms with van der Waals surface area (Å²) in [6.45, 7) is 0.798. The fourth-order valence-corrected chi connectivity index (χ4v) is 4.60. The van der Waals surface area contributed by atoms with Gasteiger partial charge in [-0.3, -0.25) is 4.72 Å². The van der Waals surface area contributed by atoms with Crippen LogP contribution in [0.1, 0.15) is 36.8 Å².